The molecule has 100 valence electrons. The zero-order chi connectivity index (χ0) is 13.8. The first kappa shape index (κ1) is 13.1. The van der Waals surface area contributed by atoms with E-state index in [2.05, 4.69) is 22.7 Å². The van der Waals surface area contributed by atoms with E-state index < -0.39 is 0 Å². The van der Waals surface area contributed by atoms with Crippen LogP contribution < -0.4 is 10.6 Å². The standard InChI is InChI=1S/C14H18N4O/c1-4-11-7-5-6-10(2)13(11)17-14(19)16-12-8-9-15-18(12)3/h5-9H,4H2,1-3H3,(H2,16,17,19). The predicted octanol–water partition coefficient (Wildman–Crippen LogP) is 2.93. The molecule has 1 aromatic heterocycles. The molecule has 2 rings (SSSR count). The van der Waals surface area contributed by atoms with E-state index in [1.54, 1.807) is 24.0 Å². The van der Waals surface area contributed by atoms with Crippen LogP contribution >= 0.6 is 0 Å². The average Bonchev–Trinajstić information content (AvgIpc) is 2.77. The third kappa shape index (κ3) is 2.93. The van der Waals surface area contributed by atoms with Crippen LogP contribution in [-0.4, -0.2) is 15.8 Å². The zero-order valence-corrected chi connectivity index (χ0v) is 11.4. The van der Waals surface area contributed by atoms with Gasteiger partial charge in [0.15, 0.2) is 0 Å². The van der Waals surface area contributed by atoms with Gasteiger partial charge in [-0.05, 0) is 24.5 Å². The molecule has 0 aliphatic heterocycles. The summed E-state index contributed by atoms with van der Waals surface area (Å²) in [5.74, 6) is 0.657. The van der Waals surface area contributed by atoms with Crippen LogP contribution in [-0.2, 0) is 13.5 Å². The van der Waals surface area contributed by atoms with E-state index in [0.717, 1.165) is 23.2 Å². The Morgan fingerprint density at radius 2 is 2.11 bits per heavy atom. The monoisotopic (exact) mass is 258 g/mol. The quantitative estimate of drug-likeness (QED) is 0.889. The molecule has 0 unspecified atom stereocenters. The number of anilines is 2. The molecule has 5 nitrogen and oxygen atoms in total. The molecular formula is C14H18N4O. The van der Waals surface area contributed by atoms with Crippen molar-refractivity contribution < 1.29 is 4.79 Å². The molecule has 1 aromatic carbocycles. The molecule has 0 bridgehead atoms. The van der Waals surface area contributed by atoms with Crippen LogP contribution in [0, 0.1) is 6.92 Å². The van der Waals surface area contributed by atoms with Crippen molar-refractivity contribution in [3.05, 3.63) is 41.6 Å². The highest BCUT2D eigenvalue weighted by Crippen LogP contribution is 2.21. The molecule has 2 N–H and O–H groups in total. The van der Waals surface area contributed by atoms with Crippen LogP contribution in [0.15, 0.2) is 30.5 Å². The highest BCUT2D eigenvalue weighted by atomic mass is 16.2. The number of amides is 2. The zero-order valence-electron chi connectivity index (χ0n) is 11.4. The van der Waals surface area contributed by atoms with Gasteiger partial charge in [0.2, 0.25) is 0 Å². The Balaban J connectivity index is 2.13. The number of nitrogens with one attached hydrogen (secondary N) is 2. The first-order valence-electron chi connectivity index (χ1n) is 6.26. The summed E-state index contributed by atoms with van der Waals surface area (Å²) in [7, 11) is 1.78. The van der Waals surface area contributed by atoms with Crippen LogP contribution in [0.5, 0.6) is 0 Å². The van der Waals surface area contributed by atoms with E-state index in [0.29, 0.717) is 5.82 Å². The molecule has 2 amide bonds. The summed E-state index contributed by atoms with van der Waals surface area (Å²) in [6.45, 7) is 4.05. The minimum Gasteiger partial charge on any atom is -0.307 e. The van der Waals surface area contributed by atoms with Gasteiger partial charge in [-0.3, -0.25) is 10.00 Å². The Hall–Kier alpha value is -2.30. The first-order valence-corrected chi connectivity index (χ1v) is 6.26. The van der Waals surface area contributed by atoms with Gasteiger partial charge in [0.05, 0.1) is 6.20 Å². The second-order valence-electron chi connectivity index (χ2n) is 4.38. The molecule has 0 aliphatic rings. The van der Waals surface area contributed by atoms with Gasteiger partial charge in [-0.25, -0.2) is 4.79 Å². The van der Waals surface area contributed by atoms with Crippen LogP contribution in [0.4, 0.5) is 16.3 Å². The Kier molecular flexibility index (Phi) is 3.85. The number of aromatic nitrogens is 2. The molecule has 0 spiro atoms. The number of hydrogen-bond acceptors (Lipinski definition) is 2. The Labute approximate surface area is 112 Å². The van der Waals surface area contributed by atoms with Crippen molar-refractivity contribution in [3.63, 3.8) is 0 Å². The number of nitrogens with zero attached hydrogens (tertiary/aromatic N) is 2. The highest BCUT2D eigenvalue weighted by molar-refractivity contribution is 6.00. The summed E-state index contributed by atoms with van der Waals surface area (Å²) in [6.07, 6.45) is 2.52. The summed E-state index contributed by atoms with van der Waals surface area (Å²) >= 11 is 0. The number of carbonyl (C=O) groups excluding carboxylic acids is 1. The minimum atomic E-state index is -0.257. The summed E-state index contributed by atoms with van der Waals surface area (Å²) in [5, 5.41) is 9.67. The molecule has 0 aliphatic carbocycles. The van der Waals surface area contributed by atoms with Crippen LogP contribution in [0.1, 0.15) is 18.1 Å². The molecule has 19 heavy (non-hydrogen) atoms. The molecule has 0 atom stereocenters. The minimum absolute atomic E-state index is 0.257. The maximum atomic E-state index is 12.0. The number of aryl methyl sites for hydroxylation is 3. The number of benzene rings is 1. The van der Waals surface area contributed by atoms with E-state index in [-0.39, 0.29) is 6.03 Å². The second kappa shape index (κ2) is 5.56. The van der Waals surface area contributed by atoms with Gasteiger partial charge >= 0.3 is 6.03 Å². The fourth-order valence-electron chi connectivity index (χ4n) is 1.96. The lowest BCUT2D eigenvalue weighted by Crippen LogP contribution is -2.22. The normalized spacial score (nSPS) is 10.3. The molecule has 0 saturated carbocycles. The molecule has 0 fully saturated rings. The topological polar surface area (TPSA) is 59.0 Å². The van der Waals surface area contributed by atoms with Gasteiger partial charge in [-0.2, -0.15) is 5.10 Å². The Morgan fingerprint density at radius 1 is 1.32 bits per heavy atom. The van der Waals surface area contributed by atoms with E-state index in [1.807, 2.05) is 25.1 Å². The van der Waals surface area contributed by atoms with Crippen molar-refractivity contribution in [2.75, 3.05) is 10.6 Å². The van der Waals surface area contributed by atoms with Crippen molar-refractivity contribution in [1.29, 1.82) is 0 Å². The van der Waals surface area contributed by atoms with Crippen molar-refractivity contribution in [3.8, 4) is 0 Å². The van der Waals surface area contributed by atoms with Gasteiger partial charge in [-0.15, -0.1) is 0 Å². The Bertz CT molecular complexity index is 589. The lowest BCUT2D eigenvalue weighted by atomic mass is 10.1. The number of hydrogen-bond donors (Lipinski definition) is 2. The maximum Gasteiger partial charge on any atom is 0.324 e. The van der Waals surface area contributed by atoms with E-state index in [9.17, 15) is 4.79 Å². The van der Waals surface area contributed by atoms with Crippen molar-refractivity contribution in [1.82, 2.24) is 9.78 Å². The largest absolute Gasteiger partial charge is 0.324 e. The highest BCUT2D eigenvalue weighted by Gasteiger charge is 2.09. The molecule has 0 radical (unpaired) electrons. The molecule has 2 aromatic rings. The SMILES string of the molecule is CCc1cccc(C)c1NC(=O)Nc1ccnn1C. The van der Waals surface area contributed by atoms with E-state index in [4.69, 9.17) is 0 Å². The summed E-state index contributed by atoms with van der Waals surface area (Å²) < 4.78 is 1.61. The first-order chi connectivity index (χ1) is 9.11. The van der Waals surface area contributed by atoms with Crippen LogP contribution in [0.25, 0.3) is 0 Å². The van der Waals surface area contributed by atoms with Crippen molar-refractivity contribution in [2.24, 2.45) is 7.05 Å². The van der Waals surface area contributed by atoms with Gasteiger partial charge in [-0.1, -0.05) is 25.1 Å². The summed E-state index contributed by atoms with van der Waals surface area (Å²) in [5.41, 5.74) is 3.06. The van der Waals surface area contributed by atoms with Gasteiger partial charge in [0, 0.05) is 18.8 Å². The second-order valence-corrected chi connectivity index (χ2v) is 4.38. The van der Waals surface area contributed by atoms with Gasteiger partial charge in [0.1, 0.15) is 5.82 Å². The molecular weight excluding hydrogens is 240 g/mol. The van der Waals surface area contributed by atoms with Crippen molar-refractivity contribution >= 4 is 17.5 Å². The lowest BCUT2D eigenvalue weighted by molar-refractivity contribution is 0.262. The van der Waals surface area contributed by atoms with Crippen LogP contribution in [0.3, 0.4) is 0 Å². The fraction of sp³-hybridized carbons (Fsp3) is 0.286. The fourth-order valence-corrected chi connectivity index (χ4v) is 1.96. The summed E-state index contributed by atoms with van der Waals surface area (Å²) in [4.78, 5) is 12.0. The number of rotatable bonds is 3. The third-order valence-electron chi connectivity index (χ3n) is 3.04. The third-order valence-corrected chi connectivity index (χ3v) is 3.04. The van der Waals surface area contributed by atoms with Crippen molar-refractivity contribution in [2.45, 2.75) is 20.3 Å². The molecule has 0 saturated heterocycles. The van der Waals surface area contributed by atoms with Gasteiger partial charge < -0.3 is 5.32 Å². The Morgan fingerprint density at radius 3 is 2.74 bits per heavy atom. The average molecular weight is 258 g/mol. The number of carbonyl (C=O) groups is 1. The summed E-state index contributed by atoms with van der Waals surface area (Å²) in [6, 6.07) is 7.50. The van der Waals surface area contributed by atoms with E-state index in [1.165, 1.54) is 0 Å². The number of urea groups is 1. The number of para-hydroxylation sites is 1. The van der Waals surface area contributed by atoms with Crippen LogP contribution in [0.2, 0.25) is 0 Å². The van der Waals surface area contributed by atoms with E-state index >= 15 is 0 Å². The maximum absolute atomic E-state index is 12.0. The molecule has 1 heterocycles. The molecule has 5 heteroatoms. The smallest absolute Gasteiger partial charge is 0.307 e. The lowest BCUT2D eigenvalue weighted by Gasteiger charge is -2.13. The van der Waals surface area contributed by atoms with Gasteiger partial charge in [0.25, 0.3) is 0 Å². The predicted molar refractivity (Wildman–Crippen MR) is 76.4 cm³/mol.